The van der Waals surface area contributed by atoms with E-state index < -0.39 is 0 Å². The van der Waals surface area contributed by atoms with Crippen LogP contribution >= 0.6 is 23.7 Å². The predicted molar refractivity (Wildman–Crippen MR) is 62.1 cm³/mol. The standard InChI is InChI=1S/C9H11N3OS.ClH/c1-2-7(10)9-11-8(12-13-9)6-3-4-14-5-6;/h3-5,7H,2,10H2,1H3;1H/t7-;/m0./s1. The van der Waals surface area contributed by atoms with Crippen molar-refractivity contribution in [1.29, 1.82) is 0 Å². The third-order valence-electron chi connectivity index (χ3n) is 1.98. The van der Waals surface area contributed by atoms with Gasteiger partial charge < -0.3 is 10.3 Å². The zero-order valence-electron chi connectivity index (χ0n) is 8.21. The van der Waals surface area contributed by atoms with E-state index in [9.17, 15) is 0 Å². The number of hydrogen-bond donors (Lipinski definition) is 1. The van der Waals surface area contributed by atoms with E-state index in [0.29, 0.717) is 11.7 Å². The van der Waals surface area contributed by atoms with Crippen molar-refractivity contribution in [2.24, 2.45) is 5.73 Å². The van der Waals surface area contributed by atoms with E-state index in [0.717, 1.165) is 12.0 Å². The molecule has 0 unspecified atom stereocenters. The van der Waals surface area contributed by atoms with Gasteiger partial charge in [0.2, 0.25) is 11.7 Å². The van der Waals surface area contributed by atoms with Crippen molar-refractivity contribution in [3.8, 4) is 11.4 Å². The molecule has 0 aromatic carbocycles. The number of halogens is 1. The largest absolute Gasteiger partial charge is 0.337 e. The number of rotatable bonds is 3. The van der Waals surface area contributed by atoms with Crippen molar-refractivity contribution in [3.63, 3.8) is 0 Å². The first-order chi connectivity index (χ1) is 6.81. The van der Waals surface area contributed by atoms with Crippen molar-refractivity contribution >= 4 is 23.7 Å². The summed E-state index contributed by atoms with van der Waals surface area (Å²) in [5.41, 5.74) is 6.75. The third-order valence-corrected chi connectivity index (χ3v) is 2.66. The zero-order valence-corrected chi connectivity index (χ0v) is 9.85. The second-order valence-electron chi connectivity index (χ2n) is 2.98. The molecule has 0 amide bonds. The lowest BCUT2D eigenvalue weighted by molar-refractivity contribution is 0.352. The lowest BCUT2D eigenvalue weighted by Crippen LogP contribution is -2.08. The van der Waals surface area contributed by atoms with Gasteiger partial charge in [0, 0.05) is 10.9 Å². The molecule has 2 aromatic rings. The fraction of sp³-hybridized carbons (Fsp3) is 0.333. The minimum absolute atomic E-state index is 0. The van der Waals surface area contributed by atoms with Crippen LogP contribution in [0.4, 0.5) is 0 Å². The maximum atomic E-state index is 5.77. The van der Waals surface area contributed by atoms with Crippen molar-refractivity contribution in [3.05, 3.63) is 22.7 Å². The second kappa shape index (κ2) is 5.25. The molecule has 2 aromatic heterocycles. The lowest BCUT2D eigenvalue weighted by atomic mass is 10.2. The first-order valence-corrected chi connectivity index (χ1v) is 5.37. The van der Waals surface area contributed by atoms with E-state index >= 15 is 0 Å². The Hall–Kier alpha value is -0.910. The van der Waals surface area contributed by atoms with Gasteiger partial charge in [0.1, 0.15) is 0 Å². The first-order valence-electron chi connectivity index (χ1n) is 4.43. The van der Waals surface area contributed by atoms with Crippen LogP contribution in [0, 0.1) is 0 Å². The molecule has 0 aliphatic rings. The molecular weight excluding hydrogens is 234 g/mol. The summed E-state index contributed by atoms with van der Waals surface area (Å²) < 4.78 is 5.06. The Balaban J connectivity index is 0.00000112. The monoisotopic (exact) mass is 245 g/mol. The van der Waals surface area contributed by atoms with E-state index in [1.165, 1.54) is 0 Å². The summed E-state index contributed by atoms with van der Waals surface area (Å²) in [6.45, 7) is 1.99. The minimum Gasteiger partial charge on any atom is -0.337 e. The van der Waals surface area contributed by atoms with Gasteiger partial charge in [-0.3, -0.25) is 0 Å². The predicted octanol–water partition coefficient (Wildman–Crippen LogP) is 2.63. The summed E-state index contributed by atoms with van der Waals surface area (Å²) >= 11 is 1.60. The molecule has 2 N–H and O–H groups in total. The summed E-state index contributed by atoms with van der Waals surface area (Å²) in [5, 5.41) is 7.82. The Morgan fingerprint density at radius 3 is 3.00 bits per heavy atom. The number of nitrogens with zero attached hydrogens (tertiary/aromatic N) is 2. The van der Waals surface area contributed by atoms with Gasteiger partial charge in [-0.15, -0.1) is 12.4 Å². The maximum absolute atomic E-state index is 5.77. The molecule has 0 fully saturated rings. The number of hydrogen-bond acceptors (Lipinski definition) is 5. The molecule has 0 spiro atoms. The molecule has 0 saturated carbocycles. The van der Waals surface area contributed by atoms with Crippen molar-refractivity contribution < 1.29 is 4.52 Å². The molecule has 1 atom stereocenters. The van der Waals surface area contributed by atoms with Crippen molar-refractivity contribution in [2.45, 2.75) is 19.4 Å². The molecule has 4 nitrogen and oxygen atoms in total. The Labute approximate surface area is 97.9 Å². The number of nitrogens with two attached hydrogens (primary N) is 1. The summed E-state index contributed by atoms with van der Waals surface area (Å²) in [5.74, 6) is 1.12. The van der Waals surface area contributed by atoms with Crippen LogP contribution in [0.3, 0.4) is 0 Å². The van der Waals surface area contributed by atoms with E-state index in [1.54, 1.807) is 11.3 Å². The highest BCUT2D eigenvalue weighted by Gasteiger charge is 2.13. The maximum Gasteiger partial charge on any atom is 0.243 e. The van der Waals surface area contributed by atoms with Gasteiger partial charge in [0.25, 0.3) is 0 Å². The van der Waals surface area contributed by atoms with Crippen LogP contribution in [0.5, 0.6) is 0 Å². The van der Waals surface area contributed by atoms with Crippen LogP contribution < -0.4 is 5.73 Å². The Kier molecular flexibility index (Phi) is 4.26. The normalized spacial score (nSPS) is 12.1. The molecule has 2 rings (SSSR count). The van der Waals surface area contributed by atoms with Gasteiger partial charge in [0.05, 0.1) is 6.04 Å². The van der Waals surface area contributed by atoms with E-state index in [-0.39, 0.29) is 18.4 Å². The molecule has 0 saturated heterocycles. The molecule has 2 heterocycles. The molecule has 0 bridgehead atoms. The van der Waals surface area contributed by atoms with Gasteiger partial charge in [-0.25, -0.2) is 0 Å². The number of thiophene rings is 1. The molecular formula is C9H12ClN3OS. The molecule has 6 heteroatoms. The number of aromatic nitrogens is 2. The summed E-state index contributed by atoms with van der Waals surface area (Å²) in [7, 11) is 0. The van der Waals surface area contributed by atoms with Crippen LogP contribution in [-0.4, -0.2) is 10.1 Å². The highest BCUT2D eigenvalue weighted by molar-refractivity contribution is 7.08. The Bertz CT molecular complexity index is 401. The quantitative estimate of drug-likeness (QED) is 0.903. The molecule has 0 aliphatic heterocycles. The van der Waals surface area contributed by atoms with Gasteiger partial charge in [-0.1, -0.05) is 12.1 Å². The Morgan fingerprint density at radius 1 is 1.60 bits per heavy atom. The molecule has 0 radical (unpaired) electrons. The van der Waals surface area contributed by atoms with Gasteiger partial charge in [-0.05, 0) is 17.9 Å². The minimum atomic E-state index is -0.158. The van der Waals surface area contributed by atoms with Crippen LogP contribution in [0.2, 0.25) is 0 Å². The van der Waals surface area contributed by atoms with Crippen LogP contribution in [-0.2, 0) is 0 Å². The molecule has 0 aliphatic carbocycles. The lowest BCUT2D eigenvalue weighted by Gasteiger charge is -1.98. The third kappa shape index (κ3) is 2.56. The summed E-state index contributed by atoms with van der Waals surface area (Å²) in [6, 6.07) is 1.80. The van der Waals surface area contributed by atoms with Crippen LogP contribution in [0.15, 0.2) is 21.3 Å². The zero-order chi connectivity index (χ0) is 9.97. The van der Waals surface area contributed by atoms with Gasteiger partial charge in [-0.2, -0.15) is 16.3 Å². The first kappa shape index (κ1) is 12.2. The van der Waals surface area contributed by atoms with Crippen LogP contribution in [0.1, 0.15) is 25.3 Å². The fourth-order valence-corrected chi connectivity index (χ4v) is 1.70. The highest BCUT2D eigenvalue weighted by atomic mass is 35.5. The van der Waals surface area contributed by atoms with E-state index in [1.807, 2.05) is 23.8 Å². The average Bonchev–Trinajstić information content (AvgIpc) is 2.86. The topological polar surface area (TPSA) is 64.9 Å². The second-order valence-corrected chi connectivity index (χ2v) is 3.76. The smallest absolute Gasteiger partial charge is 0.243 e. The Morgan fingerprint density at radius 2 is 2.40 bits per heavy atom. The average molecular weight is 246 g/mol. The van der Waals surface area contributed by atoms with Crippen molar-refractivity contribution in [1.82, 2.24) is 10.1 Å². The highest BCUT2D eigenvalue weighted by Crippen LogP contribution is 2.20. The molecule has 82 valence electrons. The summed E-state index contributed by atoms with van der Waals surface area (Å²) in [4.78, 5) is 4.23. The SMILES string of the molecule is CC[C@H](N)c1nc(-c2ccsc2)no1.Cl. The van der Waals surface area contributed by atoms with Gasteiger partial charge >= 0.3 is 0 Å². The van der Waals surface area contributed by atoms with Gasteiger partial charge in [0.15, 0.2) is 0 Å². The van der Waals surface area contributed by atoms with Crippen molar-refractivity contribution in [2.75, 3.05) is 0 Å². The van der Waals surface area contributed by atoms with E-state index in [4.69, 9.17) is 10.3 Å². The fourth-order valence-electron chi connectivity index (χ4n) is 1.07. The summed E-state index contributed by atoms with van der Waals surface area (Å²) in [6.07, 6.45) is 0.797. The van der Waals surface area contributed by atoms with Crippen LogP contribution in [0.25, 0.3) is 11.4 Å². The molecule has 15 heavy (non-hydrogen) atoms. The van der Waals surface area contributed by atoms with E-state index in [2.05, 4.69) is 10.1 Å².